The summed E-state index contributed by atoms with van der Waals surface area (Å²) in [5, 5.41) is 16.7. The molecule has 3 nitrogen and oxygen atoms in total. The molecule has 1 unspecified atom stereocenters. The van der Waals surface area contributed by atoms with Crippen LogP contribution >= 0.6 is 0 Å². The van der Waals surface area contributed by atoms with Gasteiger partial charge in [-0.15, -0.1) is 0 Å². The van der Waals surface area contributed by atoms with Gasteiger partial charge in [0, 0.05) is 0 Å². The summed E-state index contributed by atoms with van der Waals surface area (Å²) in [6, 6.07) is 0. The van der Waals surface area contributed by atoms with E-state index in [1.165, 1.54) is 0 Å². The van der Waals surface area contributed by atoms with Crippen LogP contribution in [0, 0.1) is 0 Å². The van der Waals surface area contributed by atoms with Crippen molar-refractivity contribution < 1.29 is 15.0 Å². The molecule has 0 amide bonds. The summed E-state index contributed by atoms with van der Waals surface area (Å²) in [5.41, 5.74) is 0. The summed E-state index contributed by atoms with van der Waals surface area (Å²) >= 11 is 0. The Morgan fingerprint density at radius 2 is 2.11 bits per heavy atom. The first kappa shape index (κ1) is 11.3. The van der Waals surface area contributed by atoms with Gasteiger partial charge in [0.2, 0.25) is 0 Å². The van der Waals surface area contributed by atoms with Crippen LogP contribution in [0.4, 0.5) is 0 Å². The number of aliphatic carboxylic acids is 1. The number of hydrogen-bond donors (Lipinski definition) is 2. The molecule has 0 rings (SSSR count). The van der Waals surface area contributed by atoms with Crippen LogP contribution in [0.2, 0.25) is 0 Å². The Balaban J connectivity index is 0. The molecular formula is C6H14O3. The molecule has 1 atom stereocenters. The Morgan fingerprint density at radius 3 is 2.22 bits per heavy atom. The molecule has 56 valence electrons. The Morgan fingerprint density at radius 1 is 1.67 bits per heavy atom. The van der Waals surface area contributed by atoms with Crippen molar-refractivity contribution in [3.05, 3.63) is 0 Å². The number of aliphatic hydroxyl groups is 1. The molecule has 0 radical (unpaired) electrons. The molecule has 9 heavy (non-hydrogen) atoms. The van der Waals surface area contributed by atoms with E-state index in [0.717, 1.165) is 0 Å². The van der Waals surface area contributed by atoms with E-state index in [9.17, 15) is 4.79 Å². The molecule has 0 heterocycles. The Hall–Kier alpha value is -0.570. The third-order valence-corrected chi connectivity index (χ3v) is 0.881. The van der Waals surface area contributed by atoms with Crippen molar-refractivity contribution >= 4 is 5.97 Å². The minimum atomic E-state index is -0.945. The van der Waals surface area contributed by atoms with Gasteiger partial charge < -0.3 is 10.2 Å². The Kier molecular flexibility index (Phi) is 6.96. The summed E-state index contributed by atoms with van der Waals surface area (Å²) in [6.45, 7) is 1.74. The highest BCUT2D eigenvalue weighted by atomic mass is 16.4. The fourth-order valence-electron chi connectivity index (χ4n) is 0.346. The molecule has 0 aliphatic carbocycles. The topological polar surface area (TPSA) is 57.5 Å². The van der Waals surface area contributed by atoms with E-state index in [1.54, 1.807) is 6.92 Å². The second-order valence-electron chi connectivity index (χ2n) is 1.66. The lowest BCUT2D eigenvalue weighted by Crippen LogP contribution is -2.10. The van der Waals surface area contributed by atoms with Crippen molar-refractivity contribution in [2.75, 3.05) is 0 Å². The second kappa shape index (κ2) is 5.56. The van der Waals surface area contributed by atoms with E-state index < -0.39 is 12.1 Å². The standard InChI is InChI=1S/C5H10O3.CH4/c1-2-4(6)3-5(7)8;/h4,6H,2-3H2,1H3,(H,7,8);1H4. The van der Waals surface area contributed by atoms with Crippen LogP contribution in [0.1, 0.15) is 27.2 Å². The third kappa shape index (κ3) is 7.43. The summed E-state index contributed by atoms with van der Waals surface area (Å²) < 4.78 is 0. The maximum absolute atomic E-state index is 9.81. The third-order valence-electron chi connectivity index (χ3n) is 0.881. The van der Waals surface area contributed by atoms with Gasteiger partial charge in [0.1, 0.15) is 0 Å². The quantitative estimate of drug-likeness (QED) is 0.602. The zero-order chi connectivity index (χ0) is 6.57. The zero-order valence-corrected chi connectivity index (χ0v) is 4.79. The molecule has 0 aliphatic rings. The number of aliphatic hydroxyl groups excluding tert-OH is 1. The lowest BCUT2D eigenvalue weighted by molar-refractivity contribution is -0.139. The molecule has 0 bridgehead atoms. The molecule has 0 fully saturated rings. The highest BCUT2D eigenvalue weighted by Crippen LogP contribution is 1.94. The lowest BCUT2D eigenvalue weighted by atomic mass is 10.2. The first-order valence-corrected chi connectivity index (χ1v) is 2.56. The van der Waals surface area contributed by atoms with Gasteiger partial charge in [-0.2, -0.15) is 0 Å². The van der Waals surface area contributed by atoms with Gasteiger partial charge >= 0.3 is 5.97 Å². The molecule has 0 spiro atoms. The molecule has 0 aromatic carbocycles. The SMILES string of the molecule is C.CCC(O)CC(=O)O. The van der Waals surface area contributed by atoms with Crippen molar-refractivity contribution in [2.45, 2.75) is 33.3 Å². The van der Waals surface area contributed by atoms with Gasteiger partial charge in [0.25, 0.3) is 0 Å². The summed E-state index contributed by atoms with van der Waals surface area (Å²) in [6.07, 6.45) is -0.310. The van der Waals surface area contributed by atoms with Crippen LogP contribution in [0.25, 0.3) is 0 Å². The molecular weight excluding hydrogens is 120 g/mol. The van der Waals surface area contributed by atoms with E-state index in [4.69, 9.17) is 10.2 Å². The second-order valence-corrected chi connectivity index (χ2v) is 1.66. The molecule has 0 aromatic rings. The van der Waals surface area contributed by atoms with Crippen molar-refractivity contribution in [3.63, 3.8) is 0 Å². The van der Waals surface area contributed by atoms with Crippen molar-refractivity contribution in [3.8, 4) is 0 Å². The van der Waals surface area contributed by atoms with E-state index in [1.807, 2.05) is 0 Å². The number of carboxylic acids is 1. The summed E-state index contributed by atoms with van der Waals surface area (Å²) in [4.78, 5) is 9.81. The van der Waals surface area contributed by atoms with Crippen LogP contribution in [0.15, 0.2) is 0 Å². The van der Waals surface area contributed by atoms with Gasteiger partial charge in [-0.1, -0.05) is 14.4 Å². The monoisotopic (exact) mass is 134 g/mol. The lowest BCUT2D eigenvalue weighted by Gasteiger charge is -2.00. The van der Waals surface area contributed by atoms with Gasteiger partial charge in [-0.05, 0) is 6.42 Å². The highest BCUT2D eigenvalue weighted by Gasteiger charge is 2.04. The molecule has 0 aromatic heterocycles. The average molecular weight is 134 g/mol. The fraction of sp³-hybridized carbons (Fsp3) is 0.833. The fourth-order valence-corrected chi connectivity index (χ4v) is 0.346. The molecule has 0 saturated carbocycles. The first-order valence-electron chi connectivity index (χ1n) is 2.56. The largest absolute Gasteiger partial charge is 0.481 e. The maximum Gasteiger partial charge on any atom is 0.305 e. The highest BCUT2D eigenvalue weighted by molar-refractivity contribution is 5.67. The summed E-state index contributed by atoms with van der Waals surface area (Å²) in [7, 11) is 0. The van der Waals surface area contributed by atoms with Gasteiger partial charge in [0.15, 0.2) is 0 Å². The van der Waals surface area contributed by atoms with Crippen molar-refractivity contribution in [1.82, 2.24) is 0 Å². The van der Waals surface area contributed by atoms with Gasteiger partial charge in [-0.3, -0.25) is 4.79 Å². The van der Waals surface area contributed by atoms with Crippen LogP contribution < -0.4 is 0 Å². The van der Waals surface area contributed by atoms with Crippen molar-refractivity contribution in [2.24, 2.45) is 0 Å². The predicted molar refractivity (Wildman–Crippen MR) is 35.3 cm³/mol. The maximum atomic E-state index is 9.81. The Bertz CT molecular complexity index is 80.4. The number of carbonyl (C=O) groups is 1. The number of carboxylic acid groups (broad SMARTS) is 1. The van der Waals surface area contributed by atoms with Gasteiger partial charge in [-0.25, -0.2) is 0 Å². The minimum Gasteiger partial charge on any atom is -0.481 e. The average Bonchev–Trinajstić information content (AvgIpc) is 1.65. The minimum absolute atomic E-state index is 0. The van der Waals surface area contributed by atoms with Crippen molar-refractivity contribution in [1.29, 1.82) is 0 Å². The zero-order valence-electron chi connectivity index (χ0n) is 4.79. The van der Waals surface area contributed by atoms with Gasteiger partial charge in [0.05, 0.1) is 12.5 Å². The van der Waals surface area contributed by atoms with E-state index in [-0.39, 0.29) is 13.8 Å². The molecule has 3 heteroatoms. The predicted octanol–water partition coefficient (Wildman–Crippen LogP) is 0.868. The van der Waals surface area contributed by atoms with Crippen LogP contribution in [0.5, 0.6) is 0 Å². The van der Waals surface area contributed by atoms with E-state index in [2.05, 4.69) is 0 Å². The van der Waals surface area contributed by atoms with Crippen LogP contribution in [-0.2, 0) is 4.79 Å². The molecule has 0 aliphatic heterocycles. The Labute approximate surface area is 55.3 Å². The van der Waals surface area contributed by atoms with Crippen LogP contribution in [0.3, 0.4) is 0 Å². The number of rotatable bonds is 3. The van der Waals surface area contributed by atoms with E-state index in [0.29, 0.717) is 6.42 Å². The molecule has 0 saturated heterocycles. The normalized spacial score (nSPS) is 11.8. The number of hydrogen-bond acceptors (Lipinski definition) is 2. The van der Waals surface area contributed by atoms with E-state index >= 15 is 0 Å². The first-order chi connectivity index (χ1) is 3.66. The molecule has 2 N–H and O–H groups in total. The van der Waals surface area contributed by atoms with Crippen LogP contribution in [-0.4, -0.2) is 22.3 Å². The summed E-state index contributed by atoms with van der Waals surface area (Å²) in [5.74, 6) is -0.945. The smallest absolute Gasteiger partial charge is 0.305 e.